The molecule has 0 aliphatic rings. The van der Waals surface area contributed by atoms with E-state index in [-0.39, 0.29) is 25.7 Å². The van der Waals surface area contributed by atoms with Gasteiger partial charge in [0.15, 0.2) is 12.2 Å². The first-order chi connectivity index (χ1) is 46.2. The second kappa shape index (κ2) is 66.3. The lowest BCUT2D eigenvalue weighted by Gasteiger charge is -2.21. The van der Waals surface area contributed by atoms with Crippen molar-refractivity contribution in [3.8, 4) is 0 Å². The van der Waals surface area contributed by atoms with Gasteiger partial charge in [0.25, 0.3) is 0 Å². The van der Waals surface area contributed by atoms with Crippen LogP contribution in [-0.2, 0) is 65.4 Å². The largest absolute Gasteiger partial charge is 0.472 e. The number of hydrogen-bond acceptors (Lipinski definition) is 15. The van der Waals surface area contributed by atoms with E-state index in [1.54, 1.807) is 0 Å². The molecule has 0 aromatic rings. The van der Waals surface area contributed by atoms with Gasteiger partial charge in [-0.1, -0.05) is 338 Å². The van der Waals surface area contributed by atoms with E-state index in [0.717, 1.165) is 120 Å². The Kier molecular flexibility index (Phi) is 65.0. The Morgan fingerprint density at radius 2 is 0.500 bits per heavy atom. The van der Waals surface area contributed by atoms with Crippen molar-refractivity contribution in [3.05, 3.63) is 0 Å². The number of ether oxygens (including phenoxy) is 4. The highest BCUT2D eigenvalue weighted by Crippen LogP contribution is 2.45. The Morgan fingerprint density at radius 3 is 0.740 bits per heavy atom. The molecule has 0 spiro atoms. The number of aliphatic hydroxyl groups excluding tert-OH is 1. The number of unbranched alkanes of at least 4 members (excludes halogenated alkanes) is 37. The molecule has 0 saturated heterocycles. The van der Waals surface area contributed by atoms with Crippen LogP contribution in [-0.4, -0.2) is 96.7 Å². The van der Waals surface area contributed by atoms with Crippen LogP contribution < -0.4 is 0 Å². The van der Waals surface area contributed by atoms with E-state index in [9.17, 15) is 43.2 Å². The van der Waals surface area contributed by atoms with E-state index >= 15 is 0 Å². The molecule has 0 aliphatic carbocycles. The molecule has 5 unspecified atom stereocenters. The third-order valence-corrected chi connectivity index (χ3v) is 20.8. The summed E-state index contributed by atoms with van der Waals surface area (Å²) in [6.45, 7) is 14.3. The van der Waals surface area contributed by atoms with Crippen LogP contribution in [0, 0.1) is 23.7 Å². The maximum Gasteiger partial charge on any atom is 0.472 e. The molecule has 0 heterocycles. The maximum atomic E-state index is 13.1. The molecule has 0 aromatic heterocycles. The molecule has 0 saturated carbocycles. The third kappa shape index (κ3) is 66.6. The van der Waals surface area contributed by atoms with Crippen LogP contribution in [0.4, 0.5) is 0 Å². The zero-order valence-electron chi connectivity index (χ0n) is 63.0. The predicted molar refractivity (Wildman–Crippen MR) is 391 cm³/mol. The fourth-order valence-corrected chi connectivity index (χ4v) is 13.2. The van der Waals surface area contributed by atoms with E-state index in [1.807, 2.05) is 0 Å². The molecule has 19 heteroatoms. The van der Waals surface area contributed by atoms with Crippen molar-refractivity contribution in [1.29, 1.82) is 0 Å². The van der Waals surface area contributed by atoms with E-state index in [4.69, 9.17) is 37.0 Å². The number of carbonyl (C=O) groups is 4. The SMILES string of the molecule is CCC(C)CCCCCCCCCCCCCCCCC(=O)OC[C@H](COP(=O)(O)OC[C@@H](O)COP(=O)(O)OC[C@@H](COC(=O)CCCCCCCCC(C)CC)OC(=O)CCCCCCCCCCCCCC(C)C)OC(=O)CCCCCCCCCCCCC(C)CC. The lowest BCUT2D eigenvalue weighted by Crippen LogP contribution is -2.30. The minimum atomic E-state index is -4.96. The second-order valence-corrected chi connectivity index (χ2v) is 31.9. The summed E-state index contributed by atoms with van der Waals surface area (Å²) in [6.07, 6.45) is 51.2. The number of aliphatic hydroxyl groups is 1. The van der Waals surface area contributed by atoms with Crippen molar-refractivity contribution in [3.63, 3.8) is 0 Å². The van der Waals surface area contributed by atoms with Crippen LogP contribution in [0.2, 0.25) is 0 Å². The number of phosphoric acid groups is 2. The van der Waals surface area contributed by atoms with Gasteiger partial charge < -0.3 is 33.8 Å². The van der Waals surface area contributed by atoms with Gasteiger partial charge in [-0.05, 0) is 49.4 Å². The molecule has 0 amide bonds. The van der Waals surface area contributed by atoms with Gasteiger partial charge in [0.1, 0.15) is 19.3 Å². The van der Waals surface area contributed by atoms with Crippen LogP contribution in [0.5, 0.6) is 0 Å². The minimum absolute atomic E-state index is 0.105. The summed E-state index contributed by atoms with van der Waals surface area (Å²) in [7, 11) is -9.92. The second-order valence-electron chi connectivity index (χ2n) is 28.9. The zero-order chi connectivity index (χ0) is 71.0. The highest BCUT2D eigenvalue weighted by atomic mass is 31.2. The van der Waals surface area contributed by atoms with Gasteiger partial charge in [-0.3, -0.25) is 37.3 Å². The van der Waals surface area contributed by atoms with Crippen molar-refractivity contribution < 1.29 is 80.2 Å². The number of esters is 4. The molecule has 570 valence electrons. The smallest absolute Gasteiger partial charge is 0.462 e. The number of rotatable bonds is 74. The number of hydrogen-bond donors (Lipinski definition) is 3. The van der Waals surface area contributed by atoms with Crippen molar-refractivity contribution in [2.24, 2.45) is 23.7 Å². The van der Waals surface area contributed by atoms with Crippen molar-refractivity contribution in [2.75, 3.05) is 39.6 Å². The van der Waals surface area contributed by atoms with Crippen LogP contribution in [0.15, 0.2) is 0 Å². The lowest BCUT2D eigenvalue weighted by atomic mass is 9.99. The molecule has 17 nitrogen and oxygen atoms in total. The highest BCUT2D eigenvalue weighted by molar-refractivity contribution is 7.47. The van der Waals surface area contributed by atoms with Crippen molar-refractivity contribution in [2.45, 2.75) is 408 Å². The predicted octanol–water partition coefficient (Wildman–Crippen LogP) is 22.4. The van der Waals surface area contributed by atoms with E-state index in [0.29, 0.717) is 25.7 Å². The summed E-state index contributed by atoms with van der Waals surface area (Å²) in [6, 6.07) is 0. The molecule has 0 bridgehead atoms. The fraction of sp³-hybridized carbons (Fsp3) is 0.948. The molecular weight excluding hydrogens is 1260 g/mol. The van der Waals surface area contributed by atoms with Gasteiger partial charge in [0.05, 0.1) is 26.4 Å². The van der Waals surface area contributed by atoms with Crippen molar-refractivity contribution >= 4 is 39.5 Å². The molecule has 96 heavy (non-hydrogen) atoms. The van der Waals surface area contributed by atoms with Gasteiger partial charge in [-0.2, -0.15) is 0 Å². The Balaban J connectivity index is 5.25. The molecule has 0 radical (unpaired) electrons. The summed E-state index contributed by atoms with van der Waals surface area (Å²) < 4.78 is 68.6. The van der Waals surface area contributed by atoms with Crippen LogP contribution in [0.1, 0.15) is 389 Å². The molecule has 0 aliphatic heterocycles. The summed E-state index contributed by atoms with van der Waals surface area (Å²) >= 11 is 0. The first-order valence-corrected chi connectivity index (χ1v) is 42.8. The summed E-state index contributed by atoms with van der Waals surface area (Å²) in [5.41, 5.74) is 0. The summed E-state index contributed by atoms with van der Waals surface area (Å²) in [4.78, 5) is 72.9. The molecule has 0 fully saturated rings. The fourth-order valence-electron chi connectivity index (χ4n) is 11.6. The summed E-state index contributed by atoms with van der Waals surface area (Å²) in [5.74, 6) is 1.03. The Bertz CT molecular complexity index is 1890. The van der Waals surface area contributed by atoms with Crippen LogP contribution in [0.3, 0.4) is 0 Å². The first kappa shape index (κ1) is 94.1. The van der Waals surface area contributed by atoms with Gasteiger partial charge in [-0.15, -0.1) is 0 Å². The number of carbonyl (C=O) groups excluding carboxylic acids is 4. The minimum Gasteiger partial charge on any atom is -0.462 e. The standard InChI is InChI=1S/C77H150O17P2/c1-9-68(6)54-46-38-30-24-18-14-12-13-15-19-26-32-41-49-57-74(79)87-63-72(93-77(82)60-52-44-34-28-22-21-25-31-39-47-55-69(7)10-2)65-91-95(83,84)89-61-71(78)62-90-96(85,86)92-66-73(64-88-75(80)58-50-42-36-35-40-48-56-70(8)11-3)94-76(81)59-51-43-33-27-20-16-17-23-29-37-45-53-67(4)5/h67-73,78H,9-66H2,1-8H3,(H,83,84)(H,85,86)/t68?,69?,70?,71-,72-,73-/m1/s1. The zero-order valence-corrected chi connectivity index (χ0v) is 64.8. The maximum absolute atomic E-state index is 13.1. The molecule has 3 N–H and O–H groups in total. The molecule has 8 atom stereocenters. The topological polar surface area (TPSA) is 237 Å². The highest BCUT2D eigenvalue weighted by Gasteiger charge is 2.30. The molecule has 0 aromatic carbocycles. The van der Waals surface area contributed by atoms with Gasteiger partial charge in [0, 0.05) is 25.7 Å². The molecule has 0 rings (SSSR count). The normalized spacial score (nSPS) is 15.0. The van der Waals surface area contributed by atoms with Gasteiger partial charge >= 0.3 is 39.5 Å². The van der Waals surface area contributed by atoms with Gasteiger partial charge in [-0.25, -0.2) is 9.13 Å². The average molecular weight is 1410 g/mol. The Labute approximate surface area is 588 Å². The monoisotopic (exact) mass is 1410 g/mol. The van der Waals surface area contributed by atoms with Crippen LogP contribution in [0.25, 0.3) is 0 Å². The van der Waals surface area contributed by atoms with Gasteiger partial charge in [0.2, 0.25) is 0 Å². The van der Waals surface area contributed by atoms with E-state index < -0.39 is 97.5 Å². The average Bonchev–Trinajstić information content (AvgIpc) is 2.53. The third-order valence-electron chi connectivity index (χ3n) is 18.9. The quantitative estimate of drug-likeness (QED) is 0.0222. The summed E-state index contributed by atoms with van der Waals surface area (Å²) in [5, 5.41) is 10.6. The van der Waals surface area contributed by atoms with Crippen LogP contribution >= 0.6 is 15.6 Å². The Hall–Kier alpha value is -1.94. The first-order valence-electron chi connectivity index (χ1n) is 39.8. The van der Waals surface area contributed by atoms with Crippen molar-refractivity contribution in [1.82, 2.24) is 0 Å². The Morgan fingerprint density at radius 1 is 0.292 bits per heavy atom. The van der Waals surface area contributed by atoms with E-state index in [2.05, 4.69) is 55.4 Å². The lowest BCUT2D eigenvalue weighted by molar-refractivity contribution is -0.161. The van der Waals surface area contributed by atoms with E-state index in [1.165, 1.54) is 186 Å². The molecular formula is C77H150O17P2. The number of phosphoric ester groups is 2.